The molecule has 2 heterocycles. The summed E-state index contributed by atoms with van der Waals surface area (Å²) in [5.41, 5.74) is 9.18. The molecule has 0 bridgehead atoms. The van der Waals surface area contributed by atoms with Gasteiger partial charge in [0.25, 0.3) is 5.91 Å². The third-order valence-corrected chi connectivity index (χ3v) is 4.96. The van der Waals surface area contributed by atoms with Gasteiger partial charge in [-0.15, -0.1) is 0 Å². The van der Waals surface area contributed by atoms with Gasteiger partial charge in [-0.25, -0.2) is 0 Å². The van der Waals surface area contributed by atoms with E-state index in [1.54, 1.807) is 29.4 Å². The van der Waals surface area contributed by atoms with Crippen molar-refractivity contribution in [2.75, 3.05) is 16.8 Å². The van der Waals surface area contributed by atoms with Gasteiger partial charge in [-0.3, -0.25) is 14.6 Å². The minimum absolute atomic E-state index is 0.0626. The van der Waals surface area contributed by atoms with E-state index in [0.29, 0.717) is 17.8 Å². The van der Waals surface area contributed by atoms with Crippen LogP contribution in [0.25, 0.3) is 0 Å². The third-order valence-electron chi connectivity index (χ3n) is 4.96. The number of fused-ring (bicyclic) bond motifs is 1. The van der Waals surface area contributed by atoms with Crippen LogP contribution in [0.2, 0.25) is 0 Å². The lowest BCUT2D eigenvalue weighted by Crippen LogP contribution is -2.40. The summed E-state index contributed by atoms with van der Waals surface area (Å²) in [7, 11) is 0. The van der Waals surface area contributed by atoms with E-state index in [1.807, 2.05) is 32.0 Å². The highest BCUT2D eigenvalue weighted by atomic mass is 16.2. The van der Waals surface area contributed by atoms with Gasteiger partial charge in [0, 0.05) is 30.3 Å². The van der Waals surface area contributed by atoms with Gasteiger partial charge in [-0.2, -0.15) is 0 Å². The molecule has 2 amide bonds. The van der Waals surface area contributed by atoms with Crippen molar-refractivity contribution in [1.82, 2.24) is 4.98 Å². The molecule has 6 heteroatoms. The van der Waals surface area contributed by atoms with Gasteiger partial charge in [0.15, 0.2) is 0 Å². The molecule has 0 aliphatic carbocycles. The number of pyridine rings is 1. The number of hydrogen-bond donors (Lipinski definition) is 2. The molecule has 0 spiro atoms. The van der Waals surface area contributed by atoms with Gasteiger partial charge >= 0.3 is 0 Å². The third kappa shape index (κ3) is 3.60. The lowest BCUT2D eigenvalue weighted by molar-refractivity contribution is -0.118. The van der Waals surface area contributed by atoms with Crippen molar-refractivity contribution < 1.29 is 9.59 Å². The number of carbonyl (C=O) groups is 2. The Balaban J connectivity index is 1.74. The molecule has 3 rings (SSSR count). The van der Waals surface area contributed by atoms with Crippen molar-refractivity contribution in [3.63, 3.8) is 0 Å². The molecule has 6 nitrogen and oxygen atoms in total. The molecule has 0 saturated carbocycles. The second kappa shape index (κ2) is 7.66. The first-order valence-corrected chi connectivity index (χ1v) is 8.92. The van der Waals surface area contributed by atoms with E-state index < -0.39 is 6.04 Å². The van der Waals surface area contributed by atoms with E-state index in [-0.39, 0.29) is 17.7 Å². The van der Waals surface area contributed by atoms with E-state index >= 15 is 0 Å². The quantitative estimate of drug-likeness (QED) is 0.866. The maximum atomic E-state index is 12.7. The van der Waals surface area contributed by atoms with Gasteiger partial charge in [0.2, 0.25) is 5.91 Å². The number of aromatic nitrogens is 1. The van der Waals surface area contributed by atoms with Crippen LogP contribution < -0.4 is 16.0 Å². The Hall–Kier alpha value is -2.73. The van der Waals surface area contributed by atoms with Crippen molar-refractivity contribution in [3.8, 4) is 0 Å². The zero-order valence-electron chi connectivity index (χ0n) is 15.1. The number of hydrogen-bond acceptors (Lipinski definition) is 4. The van der Waals surface area contributed by atoms with Crippen LogP contribution in [-0.2, 0) is 11.2 Å². The number of carbonyl (C=O) groups excluding carboxylic acids is 2. The number of amides is 2. The van der Waals surface area contributed by atoms with Crippen LogP contribution in [0.4, 0.5) is 11.4 Å². The van der Waals surface area contributed by atoms with Crippen molar-refractivity contribution >= 4 is 23.2 Å². The minimum atomic E-state index is -0.531. The number of anilines is 2. The van der Waals surface area contributed by atoms with E-state index in [1.165, 1.54) is 0 Å². The highest BCUT2D eigenvalue weighted by molar-refractivity contribution is 6.07. The van der Waals surface area contributed by atoms with E-state index in [9.17, 15) is 9.59 Å². The molecule has 1 aliphatic rings. The maximum absolute atomic E-state index is 12.7. The number of nitrogens with one attached hydrogen (secondary N) is 1. The second-order valence-corrected chi connectivity index (χ2v) is 6.69. The van der Waals surface area contributed by atoms with E-state index in [0.717, 1.165) is 24.1 Å². The Morgan fingerprint density at radius 1 is 1.35 bits per heavy atom. The molecular formula is C20H24N4O2. The smallest absolute Gasteiger partial charge is 0.259 e. The molecule has 1 aliphatic heterocycles. The molecule has 2 atom stereocenters. The Kier molecular flexibility index (Phi) is 5.32. The van der Waals surface area contributed by atoms with E-state index in [2.05, 4.69) is 10.3 Å². The number of benzene rings is 1. The summed E-state index contributed by atoms with van der Waals surface area (Å²) in [6.07, 6.45) is 4.83. The Bertz CT molecular complexity index is 807. The summed E-state index contributed by atoms with van der Waals surface area (Å²) in [4.78, 5) is 30.7. The fourth-order valence-corrected chi connectivity index (χ4v) is 3.07. The molecule has 2 unspecified atom stereocenters. The van der Waals surface area contributed by atoms with Crippen LogP contribution in [0.3, 0.4) is 0 Å². The number of nitrogens with two attached hydrogens (primary N) is 1. The van der Waals surface area contributed by atoms with Gasteiger partial charge in [-0.1, -0.05) is 20.3 Å². The van der Waals surface area contributed by atoms with Crippen LogP contribution in [-0.4, -0.2) is 29.4 Å². The average Bonchev–Trinajstić information content (AvgIpc) is 3.10. The minimum Gasteiger partial charge on any atom is -0.325 e. The predicted octanol–water partition coefficient (Wildman–Crippen LogP) is 2.60. The largest absolute Gasteiger partial charge is 0.325 e. The summed E-state index contributed by atoms with van der Waals surface area (Å²) >= 11 is 0. The van der Waals surface area contributed by atoms with Crippen LogP contribution in [0.15, 0.2) is 42.7 Å². The standard InChI is InChI=1S/C20H24N4O2/c1-3-13(2)18(21)19(25)23-16-6-7-17-14(11-16)8-10-24(17)20(26)15-5-4-9-22-12-15/h4-7,9,11-13,18H,3,8,10,21H2,1-2H3,(H,23,25). The first kappa shape index (κ1) is 18.1. The Labute approximate surface area is 153 Å². The predicted molar refractivity (Wildman–Crippen MR) is 102 cm³/mol. The molecule has 0 radical (unpaired) electrons. The van der Waals surface area contributed by atoms with Crippen LogP contribution >= 0.6 is 0 Å². The van der Waals surface area contributed by atoms with Crippen LogP contribution in [0, 0.1) is 5.92 Å². The highest BCUT2D eigenvalue weighted by Gasteiger charge is 2.26. The molecule has 0 saturated heterocycles. The summed E-state index contributed by atoms with van der Waals surface area (Å²) in [6, 6.07) is 8.60. The average molecular weight is 352 g/mol. The van der Waals surface area contributed by atoms with Crippen molar-refractivity contribution in [1.29, 1.82) is 0 Å². The number of rotatable bonds is 5. The van der Waals surface area contributed by atoms with Crippen molar-refractivity contribution in [2.24, 2.45) is 11.7 Å². The second-order valence-electron chi connectivity index (χ2n) is 6.69. The molecule has 3 N–H and O–H groups in total. The van der Waals surface area contributed by atoms with Gasteiger partial charge < -0.3 is 16.0 Å². The molecule has 0 fully saturated rings. The summed E-state index contributed by atoms with van der Waals surface area (Å²) in [5, 5.41) is 2.88. The zero-order valence-corrected chi connectivity index (χ0v) is 15.1. The maximum Gasteiger partial charge on any atom is 0.259 e. The van der Waals surface area contributed by atoms with Gasteiger partial charge in [0.05, 0.1) is 11.6 Å². The zero-order chi connectivity index (χ0) is 18.7. The van der Waals surface area contributed by atoms with E-state index in [4.69, 9.17) is 5.73 Å². The molecule has 26 heavy (non-hydrogen) atoms. The fourth-order valence-electron chi connectivity index (χ4n) is 3.07. The first-order chi connectivity index (χ1) is 12.5. The number of nitrogens with zero attached hydrogens (tertiary/aromatic N) is 2. The molecule has 2 aromatic rings. The molecule has 136 valence electrons. The highest BCUT2D eigenvalue weighted by Crippen LogP contribution is 2.31. The van der Waals surface area contributed by atoms with Crippen molar-refractivity contribution in [3.05, 3.63) is 53.9 Å². The molecule has 1 aromatic carbocycles. The molecule has 1 aromatic heterocycles. The van der Waals surface area contributed by atoms with Crippen molar-refractivity contribution in [2.45, 2.75) is 32.7 Å². The fraction of sp³-hybridized carbons (Fsp3) is 0.350. The normalized spacial score (nSPS) is 15.3. The Morgan fingerprint density at radius 2 is 2.15 bits per heavy atom. The van der Waals surface area contributed by atoms with Crippen LogP contribution in [0.1, 0.15) is 36.2 Å². The summed E-state index contributed by atoms with van der Waals surface area (Å²) in [5.74, 6) is -0.120. The van der Waals surface area contributed by atoms with Gasteiger partial charge in [0.1, 0.15) is 0 Å². The molecular weight excluding hydrogens is 328 g/mol. The Morgan fingerprint density at radius 3 is 2.85 bits per heavy atom. The SMILES string of the molecule is CCC(C)C(N)C(=O)Nc1ccc2c(c1)CCN2C(=O)c1cccnc1. The van der Waals surface area contributed by atoms with Gasteiger partial charge in [-0.05, 0) is 48.2 Å². The lowest BCUT2D eigenvalue weighted by Gasteiger charge is -2.19. The van der Waals surface area contributed by atoms with Crippen LogP contribution in [0.5, 0.6) is 0 Å². The lowest BCUT2D eigenvalue weighted by atomic mass is 9.99. The monoisotopic (exact) mass is 352 g/mol. The summed E-state index contributed by atoms with van der Waals surface area (Å²) < 4.78 is 0. The summed E-state index contributed by atoms with van der Waals surface area (Å²) in [6.45, 7) is 4.60. The topological polar surface area (TPSA) is 88.3 Å². The first-order valence-electron chi connectivity index (χ1n) is 8.92.